The lowest BCUT2D eigenvalue weighted by Crippen LogP contribution is -2.49. The van der Waals surface area contributed by atoms with Crippen LogP contribution in [0.4, 0.5) is 0 Å². The highest BCUT2D eigenvalue weighted by atomic mass is 16.2. The molecular formula is C26H37NO2. The van der Waals surface area contributed by atoms with E-state index < -0.39 is 0 Å². The minimum absolute atomic E-state index is 0.0629. The van der Waals surface area contributed by atoms with Crippen molar-refractivity contribution in [2.24, 2.45) is 34.5 Å². The van der Waals surface area contributed by atoms with Gasteiger partial charge in [-0.15, -0.1) is 0 Å². The van der Waals surface area contributed by atoms with Crippen molar-refractivity contribution in [3.8, 4) is 0 Å². The van der Waals surface area contributed by atoms with E-state index in [1.807, 2.05) is 20.2 Å². The number of carbonyl (C=O) groups excluding carboxylic acids is 2. The molecule has 0 N–H and O–H groups in total. The molecule has 4 aliphatic rings. The second kappa shape index (κ2) is 7.25. The van der Waals surface area contributed by atoms with Crippen LogP contribution in [0.15, 0.2) is 35.6 Å². The maximum atomic E-state index is 12.3. The summed E-state index contributed by atoms with van der Waals surface area (Å²) in [5, 5.41) is 0. The normalized spacial score (nSPS) is 41.1. The molecule has 4 aliphatic carbocycles. The molecule has 0 radical (unpaired) electrons. The molecule has 6 atom stereocenters. The van der Waals surface area contributed by atoms with E-state index in [4.69, 9.17) is 0 Å². The zero-order valence-corrected chi connectivity index (χ0v) is 18.8. The van der Waals surface area contributed by atoms with Crippen LogP contribution < -0.4 is 0 Å². The van der Waals surface area contributed by atoms with Crippen molar-refractivity contribution in [2.45, 2.75) is 72.6 Å². The molecule has 1 unspecified atom stereocenters. The number of nitrogens with zero attached hydrogens (tertiary/aromatic N) is 1. The molecule has 4 rings (SSSR count). The Labute approximate surface area is 176 Å². The summed E-state index contributed by atoms with van der Waals surface area (Å²) < 4.78 is 0. The molecular weight excluding hydrogens is 358 g/mol. The minimum Gasteiger partial charge on any atom is -0.322 e. The van der Waals surface area contributed by atoms with Gasteiger partial charge < -0.3 is 4.90 Å². The molecule has 0 aliphatic heterocycles. The largest absolute Gasteiger partial charge is 0.322 e. The number of hydrogen-bond acceptors (Lipinski definition) is 2. The number of ketones is 1. The van der Waals surface area contributed by atoms with E-state index in [1.165, 1.54) is 43.3 Å². The van der Waals surface area contributed by atoms with Gasteiger partial charge in [0, 0.05) is 26.1 Å². The highest BCUT2D eigenvalue weighted by molar-refractivity contribution is 5.79. The smallest absolute Gasteiger partial charge is 0.223 e. The molecule has 3 nitrogen and oxygen atoms in total. The summed E-state index contributed by atoms with van der Waals surface area (Å²) in [6.45, 7) is 8.32. The number of rotatable bonds is 3. The van der Waals surface area contributed by atoms with Crippen LogP contribution in [0.5, 0.6) is 0 Å². The first kappa shape index (κ1) is 20.6. The molecule has 3 heteroatoms. The molecule has 2 saturated carbocycles. The van der Waals surface area contributed by atoms with Gasteiger partial charge in [-0.25, -0.2) is 0 Å². The Kier molecular flexibility index (Phi) is 5.16. The molecule has 2 fully saturated rings. The first-order valence-corrected chi connectivity index (χ1v) is 11.5. The highest BCUT2D eigenvalue weighted by Crippen LogP contribution is 2.66. The predicted molar refractivity (Wildman–Crippen MR) is 117 cm³/mol. The Morgan fingerprint density at radius 1 is 1.10 bits per heavy atom. The Morgan fingerprint density at radius 3 is 2.55 bits per heavy atom. The number of hydrogen-bond donors (Lipinski definition) is 0. The molecule has 0 heterocycles. The van der Waals surface area contributed by atoms with Crippen molar-refractivity contribution in [3.63, 3.8) is 0 Å². The van der Waals surface area contributed by atoms with Crippen molar-refractivity contribution in [2.75, 3.05) is 7.05 Å². The number of allylic oxidation sites excluding steroid dienone is 5. The number of carbonyl (C=O) groups is 2. The van der Waals surface area contributed by atoms with Crippen LogP contribution in [-0.4, -0.2) is 23.6 Å². The zero-order chi connectivity index (χ0) is 21.0. The number of amides is 1. The van der Waals surface area contributed by atoms with Gasteiger partial charge in [0.1, 0.15) is 5.78 Å². The number of fused-ring (bicyclic) bond motifs is 5. The topological polar surface area (TPSA) is 37.4 Å². The fraction of sp³-hybridized carbons (Fsp3) is 0.692. The maximum Gasteiger partial charge on any atom is 0.223 e. The lowest BCUT2D eigenvalue weighted by Gasteiger charge is -2.57. The predicted octanol–water partition coefficient (Wildman–Crippen LogP) is 5.68. The summed E-state index contributed by atoms with van der Waals surface area (Å²) in [6, 6.07) is 0. The molecule has 29 heavy (non-hydrogen) atoms. The molecule has 158 valence electrons. The van der Waals surface area contributed by atoms with Gasteiger partial charge in [0.05, 0.1) is 0 Å². The molecule has 0 aromatic heterocycles. The third-order valence-electron chi connectivity index (χ3n) is 9.30. The Hall–Kier alpha value is -1.64. The molecule has 0 spiro atoms. The Morgan fingerprint density at radius 2 is 1.86 bits per heavy atom. The third kappa shape index (κ3) is 3.25. The van der Waals surface area contributed by atoms with E-state index >= 15 is 0 Å². The van der Waals surface area contributed by atoms with Crippen LogP contribution in [0.1, 0.15) is 72.6 Å². The average molecular weight is 396 g/mol. The van der Waals surface area contributed by atoms with Crippen molar-refractivity contribution >= 4 is 11.7 Å². The second-order valence-electron chi connectivity index (χ2n) is 10.6. The van der Waals surface area contributed by atoms with Gasteiger partial charge in [0.2, 0.25) is 5.91 Å². The van der Waals surface area contributed by atoms with Crippen LogP contribution in [0, 0.1) is 34.5 Å². The van der Waals surface area contributed by atoms with E-state index in [9.17, 15) is 9.59 Å². The van der Waals surface area contributed by atoms with Gasteiger partial charge in [0.25, 0.3) is 0 Å². The molecule has 0 aromatic rings. The number of Topliss-reactive ketones (excluding diaryl/α,β-unsaturated/α-hetero) is 1. The van der Waals surface area contributed by atoms with Gasteiger partial charge >= 0.3 is 0 Å². The minimum atomic E-state index is 0.0629. The van der Waals surface area contributed by atoms with E-state index in [1.54, 1.807) is 11.8 Å². The van der Waals surface area contributed by atoms with Crippen LogP contribution in [0.2, 0.25) is 0 Å². The van der Waals surface area contributed by atoms with Gasteiger partial charge in [0.15, 0.2) is 0 Å². The van der Waals surface area contributed by atoms with Crippen molar-refractivity contribution in [3.05, 3.63) is 35.6 Å². The van der Waals surface area contributed by atoms with Crippen molar-refractivity contribution in [1.29, 1.82) is 0 Å². The first-order valence-electron chi connectivity index (χ1n) is 11.5. The SMILES string of the molecule is CC(=O)C1CC[C@H]2[C@@H]3CC=C4C=C(/C=C/N(C)C(C)=O)CC[C@]4(C)[C@H]3CC[C@]12C. The van der Waals surface area contributed by atoms with E-state index in [0.717, 1.165) is 24.7 Å². The standard InChI is InChI=1S/C26H37NO2/c1-17(28)22-8-9-23-21-7-6-20-16-19(12-15-27(5)18(2)29)10-13-25(20,3)24(21)11-14-26(22,23)4/h6,12,15-16,21-24H,7-11,13-14H2,1-5H3/b15-12+/t21-,22?,23-,24-,25-,26+/m0/s1. The lowest BCUT2D eigenvalue weighted by molar-refractivity contribution is -0.127. The fourth-order valence-electron chi connectivity index (χ4n) is 7.46. The van der Waals surface area contributed by atoms with E-state index in [-0.39, 0.29) is 22.7 Å². The Balaban J connectivity index is 1.59. The monoisotopic (exact) mass is 395 g/mol. The van der Waals surface area contributed by atoms with Crippen molar-refractivity contribution < 1.29 is 9.59 Å². The van der Waals surface area contributed by atoms with Gasteiger partial charge in [-0.05, 0) is 97.7 Å². The van der Waals surface area contributed by atoms with Gasteiger partial charge in [-0.2, -0.15) is 0 Å². The van der Waals surface area contributed by atoms with Crippen LogP contribution in [0.3, 0.4) is 0 Å². The van der Waals surface area contributed by atoms with Crippen molar-refractivity contribution in [1.82, 2.24) is 4.90 Å². The maximum absolute atomic E-state index is 12.3. The average Bonchev–Trinajstić information content (AvgIpc) is 3.03. The molecule has 1 amide bonds. The summed E-state index contributed by atoms with van der Waals surface area (Å²) in [5.41, 5.74) is 3.34. The first-order chi connectivity index (χ1) is 13.7. The van der Waals surface area contributed by atoms with Crippen LogP contribution in [0.25, 0.3) is 0 Å². The van der Waals surface area contributed by atoms with Crippen LogP contribution in [-0.2, 0) is 9.59 Å². The zero-order valence-electron chi connectivity index (χ0n) is 18.8. The van der Waals surface area contributed by atoms with E-state index in [2.05, 4.69) is 32.1 Å². The van der Waals surface area contributed by atoms with Gasteiger partial charge in [-0.3, -0.25) is 9.59 Å². The summed E-state index contributed by atoms with van der Waals surface area (Å²) in [5.74, 6) is 2.95. The van der Waals surface area contributed by atoms with E-state index in [0.29, 0.717) is 11.7 Å². The van der Waals surface area contributed by atoms with Gasteiger partial charge in [-0.1, -0.05) is 26.0 Å². The molecule has 0 bridgehead atoms. The summed E-state index contributed by atoms with van der Waals surface area (Å²) in [7, 11) is 1.81. The Bertz CT molecular complexity index is 806. The second-order valence-corrected chi connectivity index (χ2v) is 10.6. The lowest BCUT2D eigenvalue weighted by atomic mass is 9.47. The highest BCUT2D eigenvalue weighted by Gasteiger charge is 2.58. The summed E-state index contributed by atoms with van der Waals surface area (Å²) in [6.07, 6.45) is 17.2. The molecule has 0 aromatic carbocycles. The summed E-state index contributed by atoms with van der Waals surface area (Å²) in [4.78, 5) is 25.4. The van der Waals surface area contributed by atoms with Crippen LogP contribution >= 0.6 is 0 Å². The molecule has 0 saturated heterocycles. The summed E-state index contributed by atoms with van der Waals surface area (Å²) >= 11 is 0. The fourth-order valence-corrected chi connectivity index (χ4v) is 7.46. The third-order valence-corrected chi connectivity index (χ3v) is 9.30. The quantitative estimate of drug-likeness (QED) is 0.616.